The fourth-order valence-corrected chi connectivity index (χ4v) is 2.21. The smallest absolute Gasteiger partial charge is 0.124 e. The highest BCUT2D eigenvalue weighted by atomic mass is 79.9. The van der Waals surface area contributed by atoms with Gasteiger partial charge in [-0.05, 0) is 30.5 Å². The lowest BCUT2D eigenvalue weighted by Crippen LogP contribution is -2.01. The van der Waals surface area contributed by atoms with Gasteiger partial charge in [0.2, 0.25) is 0 Å². The molecule has 0 radical (unpaired) electrons. The fourth-order valence-electron chi connectivity index (χ4n) is 1.60. The lowest BCUT2D eigenvalue weighted by Gasteiger charge is -2.03. The monoisotopic (exact) mass is 331 g/mol. The van der Waals surface area contributed by atoms with Gasteiger partial charge in [0.25, 0.3) is 0 Å². The first-order valence-corrected chi connectivity index (χ1v) is 6.90. The first-order chi connectivity index (χ1) is 8.69. The molecule has 3 nitrogen and oxygen atoms in total. The molecule has 0 atom stereocenters. The van der Waals surface area contributed by atoms with E-state index in [9.17, 15) is 4.39 Å². The first kappa shape index (κ1) is 13.5. The predicted octanol–water partition coefficient (Wildman–Crippen LogP) is 3.40. The molecule has 1 aromatic carbocycles. The van der Waals surface area contributed by atoms with Gasteiger partial charge in [0, 0.05) is 16.5 Å². The predicted molar refractivity (Wildman–Crippen MR) is 72.3 cm³/mol. The van der Waals surface area contributed by atoms with E-state index in [1.165, 1.54) is 12.1 Å². The summed E-state index contributed by atoms with van der Waals surface area (Å²) in [4.78, 5) is 0. The molecule has 6 heteroatoms. The van der Waals surface area contributed by atoms with Gasteiger partial charge < -0.3 is 0 Å². The van der Waals surface area contributed by atoms with Crippen molar-refractivity contribution in [3.8, 4) is 0 Å². The van der Waals surface area contributed by atoms with E-state index in [1.54, 1.807) is 10.7 Å². The normalized spacial score (nSPS) is 10.8. The Bertz CT molecular complexity index is 530. The second kappa shape index (κ2) is 6.29. The summed E-state index contributed by atoms with van der Waals surface area (Å²) in [5.41, 5.74) is 1.89. The summed E-state index contributed by atoms with van der Waals surface area (Å²) >= 11 is 8.96. The summed E-state index contributed by atoms with van der Waals surface area (Å²) in [5.74, 6) is 0.364. The van der Waals surface area contributed by atoms with E-state index in [4.69, 9.17) is 11.6 Å². The molecule has 2 aromatic rings. The molecule has 1 heterocycles. The zero-order chi connectivity index (χ0) is 13.0. The molecule has 0 N–H and O–H groups in total. The highest BCUT2D eigenvalue weighted by Crippen LogP contribution is 2.18. The Labute approximate surface area is 118 Å². The van der Waals surface area contributed by atoms with Crippen molar-refractivity contribution in [2.24, 2.45) is 0 Å². The Morgan fingerprint density at radius 3 is 2.94 bits per heavy atom. The molecule has 0 fully saturated rings. The summed E-state index contributed by atoms with van der Waals surface area (Å²) in [6.07, 6.45) is 3.61. The van der Waals surface area contributed by atoms with Crippen molar-refractivity contribution in [1.82, 2.24) is 15.0 Å². The third kappa shape index (κ3) is 3.53. The van der Waals surface area contributed by atoms with Crippen molar-refractivity contribution in [2.75, 3.05) is 5.88 Å². The van der Waals surface area contributed by atoms with E-state index < -0.39 is 0 Å². The maximum atomic E-state index is 13.0. The topological polar surface area (TPSA) is 30.7 Å². The maximum Gasteiger partial charge on any atom is 0.124 e. The summed E-state index contributed by atoms with van der Waals surface area (Å²) in [6.45, 7) is 0.564. The molecule has 0 saturated heterocycles. The standard InChI is InChI=1S/C12H12BrClFN3/c13-12-6-10(15)4-3-9(12)7-18-8-11(16-17-18)2-1-5-14/h3-4,6,8H,1-2,5,7H2. The lowest BCUT2D eigenvalue weighted by molar-refractivity contribution is 0.619. The molecule has 0 saturated carbocycles. The van der Waals surface area contributed by atoms with Gasteiger partial charge in [-0.15, -0.1) is 16.7 Å². The van der Waals surface area contributed by atoms with Gasteiger partial charge in [0.05, 0.1) is 12.2 Å². The first-order valence-electron chi connectivity index (χ1n) is 5.58. The number of benzene rings is 1. The van der Waals surface area contributed by atoms with E-state index in [1.807, 2.05) is 6.20 Å². The van der Waals surface area contributed by atoms with Crippen LogP contribution in [0, 0.1) is 5.82 Å². The Kier molecular flexibility index (Phi) is 4.72. The Balaban J connectivity index is 2.06. The molecule has 0 amide bonds. The molecular formula is C12H12BrClFN3. The molecule has 1 aromatic heterocycles. The number of nitrogens with zero attached hydrogens (tertiary/aromatic N) is 3. The van der Waals surface area contributed by atoms with Crippen LogP contribution >= 0.6 is 27.5 Å². The minimum atomic E-state index is -0.257. The van der Waals surface area contributed by atoms with Crippen LogP contribution in [0.15, 0.2) is 28.9 Å². The van der Waals surface area contributed by atoms with Crippen molar-refractivity contribution in [3.63, 3.8) is 0 Å². The third-order valence-corrected chi connectivity index (χ3v) is 3.51. The van der Waals surface area contributed by atoms with Crippen LogP contribution < -0.4 is 0 Å². The largest absolute Gasteiger partial charge is 0.248 e. The number of rotatable bonds is 5. The van der Waals surface area contributed by atoms with Crippen LogP contribution in [0.5, 0.6) is 0 Å². The van der Waals surface area contributed by atoms with E-state index in [0.717, 1.165) is 28.6 Å². The van der Waals surface area contributed by atoms with Crippen molar-refractivity contribution in [1.29, 1.82) is 0 Å². The number of aryl methyl sites for hydroxylation is 1. The Morgan fingerprint density at radius 2 is 2.22 bits per heavy atom. The average molecular weight is 333 g/mol. The number of hydrogen-bond donors (Lipinski definition) is 0. The fraction of sp³-hybridized carbons (Fsp3) is 0.333. The van der Waals surface area contributed by atoms with Crippen molar-refractivity contribution in [3.05, 3.63) is 45.9 Å². The lowest BCUT2D eigenvalue weighted by atomic mass is 10.2. The molecule has 2 rings (SSSR count). The second-order valence-electron chi connectivity index (χ2n) is 3.94. The maximum absolute atomic E-state index is 13.0. The summed E-state index contributed by atoms with van der Waals surface area (Å²) in [5, 5.41) is 8.10. The van der Waals surface area contributed by atoms with E-state index in [0.29, 0.717) is 12.4 Å². The van der Waals surface area contributed by atoms with Crippen molar-refractivity contribution in [2.45, 2.75) is 19.4 Å². The number of hydrogen-bond acceptors (Lipinski definition) is 2. The Morgan fingerprint density at radius 1 is 1.39 bits per heavy atom. The van der Waals surface area contributed by atoms with Crippen LogP contribution in [0.1, 0.15) is 17.7 Å². The molecule has 18 heavy (non-hydrogen) atoms. The van der Waals surface area contributed by atoms with Crippen molar-refractivity contribution >= 4 is 27.5 Å². The van der Waals surface area contributed by atoms with E-state index >= 15 is 0 Å². The molecule has 0 unspecified atom stereocenters. The van der Waals surface area contributed by atoms with Gasteiger partial charge in [-0.1, -0.05) is 27.2 Å². The SMILES string of the molecule is Fc1ccc(Cn2cc(CCCCl)nn2)c(Br)c1. The van der Waals surface area contributed by atoms with Crippen molar-refractivity contribution < 1.29 is 4.39 Å². The van der Waals surface area contributed by atoms with Gasteiger partial charge in [0.1, 0.15) is 5.82 Å². The van der Waals surface area contributed by atoms with Gasteiger partial charge in [-0.2, -0.15) is 0 Å². The Hall–Kier alpha value is -0.940. The molecule has 0 bridgehead atoms. The average Bonchev–Trinajstić information content (AvgIpc) is 2.78. The number of alkyl halides is 1. The van der Waals surface area contributed by atoms with Crippen LogP contribution in [-0.4, -0.2) is 20.9 Å². The molecular weight excluding hydrogens is 321 g/mol. The number of halogens is 3. The molecule has 0 spiro atoms. The van der Waals surface area contributed by atoms with Crippen LogP contribution in [0.2, 0.25) is 0 Å². The van der Waals surface area contributed by atoms with Gasteiger partial charge >= 0.3 is 0 Å². The van der Waals surface area contributed by atoms with Crippen LogP contribution in [-0.2, 0) is 13.0 Å². The number of aromatic nitrogens is 3. The highest BCUT2D eigenvalue weighted by molar-refractivity contribution is 9.10. The minimum Gasteiger partial charge on any atom is -0.248 e. The molecule has 0 aliphatic heterocycles. The second-order valence-corrected chi connectivity index (χ2v) is 5.17. The van der Waals surface area contributed by atoms with Crippen LogP contribution in [0.4, 0.5) is 4.39 Å². The third-order valence-electron chi connectivity index (χ3n) is 2.50. The molecule has 0 aliphatic carbocycles. The van der Waals surface area contributed by atoms with E-state index in [-0.39, 0.29) is 5.82 Å². The van der Waals surface area contributed by atoms with Crippen LogP contribution in [0.25, 0.3) is 0 Å². The minimum absolute atomic E-state index is 0.257. The zero-order valence-corrected chi connectivity index (χ0v) is 12.0. The van der Waals surface area contributed by atoms with Gasteiger partial charge in [-0.3, -0.25) is 0 Å². The summed E-state index contributed by atoms with van der Waals surface area (Å²) in [7, 11) is 0. The van der Waals surface area contributed by atoms with Gasteiger partial charge in [0.15, 0.2) is 0 Å². The molecule has 96 valence electrons. The highest BCUT2D eigenvalue weighted by Gasteiger charge is 2.05. The summed E-state index contributed by atoms with van der Waals surface area (Å²) in [6, 6.07) is 4.62. The molecule has 0 aliphatic rings. The van der Waals surface area contributed by atoms with E-state index in [2.05, 4.69) is 26.2 Å². The van der Waals surface area contributed by atoms with Crippen LogP contribution in [0.3, 0.4) is 0 Å². The zero-order valence-electron chi connectivity index (χ0n) is 9.61. The summed E-state index contributed by atoms with van der Waals surface area (Å²) < 4.78 is 15.4. The van der Waals surface area contributed by atoms with Gasteiger partial charge in [-0.25, -0.2) is 9.07 Å². The quantitative estimate of drug-likeness (QED) is 0.786.